The topological polar surface area (TPSA) is 263 Å². The Balaban J connectivity index is 0.00000353. The second-order valence-corrected chi connectivity index (χ2v) is 11.2. The van der Waals surface area contributed by atoms with E-state index in [1.54, 1.807) is 0 Å². The van der Waals surface area contributed by atoms with Gasteiger partial charge in [0.25, 0.3) is 17.4 Å². The van der Waals surface area contributed by atoms with Crippen molar-refractivity contribution in [3.8, 4) is 11.6 Å². The summed E-state index contributed by atoms with van der Waals surface area (Å²) < 4.78 is 73.3. The number of nitrogens with two attached hydrogens (primary N) is 2. The van der Waals surface area contributed by atoms with Gasteiger partial charge in [-0.1, -0.05) is 18.2 Å². The van der Waals surface area contributed by atoms with Crippen molar-refractivity contribution in [2.24, 2.45) is 16.6 Å². The van der Waals surface area contributed by atoms with Crippen LogP contribution in [0.5, 0.6) is 5.88 Å². The molecule has 0 atom stereocenters. The third-order valence-corrected chi connectivity index (χ3v) is 7.43. The Bertz CT molecular complexity index is 2000. The first-order valence-corrected chi connectivity index (χ1v) is 14.6. The Kier molecular flexibility index (Phi) is 14.2. The molecule has 0 bridgehead atoms. The van der Waals surface area contributed by atoms with E-state index in [1.807, 2.05) is 0 Å². The molecule has 0 saturated heterocycles. The van der Waals surface area contributed by atoms with Crippen LogP contribution < -0.4 is 130 Å². The molecule has 1 aliphatic rings. The SMILES string of the molecule is NCOc1[nH]n(-c2ccc(S(=O)(=O)[O-])cc2)c(=O)c1C=CC=CC=C1C(=O)N(c2ccc(S(=O)(=O)[O-])cc2)N=C1C(N)=O.[K+].[K+]. The molecule has 1 aromatic heterocycles. The van der Waals surface area contributed by atoms with Crippen LogP contribution in [0.3, 0.4) is 0 Å². The van der Waals surface area contributed by atoms with Gasteiger partial charge in [-0.3, -0.25) is 25.2 Å². The first-order valence-electron chi connectivity index (χ1n) is 11.8. The van der Waals surface area contributed by atoms with Gasteiger partial charge >= 0.3 is 103 Å². The summed E-state index contributed by atoms with van der Waals surface area (Å²) in [4.78, 5) is 36.9. The van der Waals surface area contributed by atoms with Gasteiger partial charge in [0.1, 0.15) is 32.5 Å². The Morgan fingerprint density at radius 1 is 0.889 bits per heavy atom. The molecular weight excluding hydrogens is 687 g/mol. The molecule has 5 N–H and O–H groups in total. The van der Waals surface area contributed by atoms with Gasteiger partial charge in [-0.25, -0.2) is 21.5 Å². The summed E-state index contributed by atoms with van der Waals surface area (Å²) in [6, 6.07) is 8.88. The van der Waals surface area contributed by atoms with E-state index in [1.165, 1.54) is 42.5 Å². The molecule has 2 amide bonds. The molecule has 20 heteroatoms. The number of ether oxygens (including phenoxy) is 1. The molecule has 0 spiro atoms. The molecule has 2 heterocycles. The number of anilines is 1. The predicted octanol–water partition coefficient (Wildman–Crippen LogP) is -6.34. The third kappa shape index (κ3) is 9.36. The molecule has 45 heavy (non-hydrogen) atoms. The average Bonchev–Trinajstić information content (AvgIpc) is 3.44. The van der Waals surface area contributed by atoms with Crippen LogP contribution in [0, 0.1) is 0 Å². The molecule has 3 aromatic rings. The number of amides is 2. The van der Waals surface area contributed by atoms with Gasteiger partial charge in [0.15, 0.2) is 5.71 Å². The number of benzene rings is 2. The minimum absolute atomic E-state index is 0. The Morgan fingerprint density at radius 2 is 1.42 bits per heavy atom. The Morgan fingerprint density at radius 3 is 1.91 bits per heavy atom. The molecule has 0 unspecified atom stereocenters. The zero-order chi connectivity index (χ0) is 31.5. The molecule has 2 aromatic carbocycles. The average molecular weight is 707 g/mol. The number of carbonyl (C=O) groups excluding carboxylic acids is 2. The summed E-state index contributed by atoms with van der Waals surface area (Å²) in [6.45, 7) is -0.292. The minimum atomic E-state index is -4.72. The number of allylic oxidation sites excluding steroid dienone is 4. The van der Waals surface area contributed by atoms with E-state index in [0.29, 0.717) is 0 Å². The molecule has 224 valence electrons. The van der Waals surface area contributed by atoms with Crippen LogP contribution in [0.2, 0.25) is 0 Å². The number of nitrogens with zero attached hydrogens (tertiary/aromatic N) is 3. The van der Waals surface area contributed by atoms with Crippen molar-refractivity contribution in [2.75, 3.05) is 11.7 Å². The summed E-state index contributed by atoms with van der Waals surface area (Å²) in [7, 11) is -9.40. The van der Waals surface area contributed by atoms with Crippen molar-refractivity contribution in [2.45, 2.75) is 9.79 Å². The second kappa shape index (κ2) is 16.3. The summed E-state index contributed by atoms with van der Waals surface area (Å²) in [6.07, 6.45) is 6.76. The number of rotatable bonds is 10. The third-order valence-electron chi connectivity index (χ3n) is 5.73. The number of H-pyrrole nitrogens is 1. The van der Waals surface area contributed by atoms with Crippen molar-refractivity contribution in [3.05, 3.63) is 94.3 Å². The van der Waals surface area contributed by atoms with Crippen molar-refractivity contribution in [3.63, 3.8) is 0 Å². The zero-order valence-corrected chi connectivity index (χ0v) is 31.5. The van der Waals surface area contributed by atoms with Gasteiger partial charge < -0.3 is 19.6 Å². The number of aromatic amines is 1. The maximum Gasteiger partial charge on any atom is 1.00 e. The zero-order valence-electron chi connectivity index (χ0n) is 23.6. The number of aromatic nitrogens is 2. The van der Waals surface area contributed by atoms with Gasteiger partial charge in [-0.15, -0.1) is 0 Å². The van der Waals surface area contributed by atoms with Gasteiger partial charge in [0, 0.05) is 0 Å². The second-order valence-electron chi connectivity index (χ2n) is 8.46. The van der Waals surface area contributed by atoms with E-state index in [4.69, 9.17) is 16.2 Å². The van der Waals surface area contributed by atoms with Crippen molar-refractivity contribution < 1.29 is 143 Å². The fraction of sp³-hybridized carbons (Fsp3) is 0.0400. The fourth-order valence-corrected chi connectivity index (χ4v) is 4.70. The molecule has 0 radical (unpaired) electrons. The van der Waals surface area contributed by atoms with Crippen LogP contribution in [0.1, 0.15) is 5.56 Å². The van der Waals surface area contributed by atoms with Gasteiger partial charge in [0.2, 0.25) is 5.88 Å². The largest absolute Gasteiger partial charge is 1.00 e. The number of hydrogen-bond acceptors (Lipinski definition) is 12. The number of carbonyl (C=O) groups is 2. The van der Waals surface area contributed by atoms with E-state index in [9.17, 15) is 40.3 Å². The van der Waals surface area contributed by atoms with E-state index in [2.05, 4.69) is 10.2 Å². The van der Waals surface area contributed by atoms with Crippen LogP contribution in [-0.2, 0) is 29.8 Å². The van der Waals surface area contributed by atoms with E-state index in [-0.39, 0.29) is 144 Å². The maximum absolute atomic E-state index is 13.0. The summed E-state index contributed by atoms with van der Waals surface area (Å²) in [5, 5.41) is 7.40. The van der Waals surface area contributed by atoms with E-state index in [0.717, 1.165) is 46.1 Å². The number of nitrogens with one attached hydrogen (secondary N) is 1. The molecular formula is C25H20K2N6O10S2. The molecule has 0 saturated carbocycles. The summed E-state index contributed by atoms with van der Waals surface area (Å²) >= 11 is 0. The molecule has 1 aliphatic heterocycles. The van der Waals surface area contributed by atoms with Crippen LogP contribution in [0.4, 0.5) is 5.69 Å². The minimum Gasteiger partial charge on any atom is -0.744 e. The predicted molar refractivity (Wildman–Crippen MR) is 149 cm³/mol. The standard InChI is InChI=1S/C25H22N6O10S2.2K/c26-14-41-23-20(25(34)31(29-23)16-8-12-18(13-9-16)43(38,39)40)5-3-1-2-4-19-21(22(27)32)28-30(24(19)33)15-6-10-17(11-7-15)42(35,36)37;;/h1-13,29H,14,26H2,(H2,27,32)(H,35,36,37)(H,38,39,40);;/q;2*+1/p-2. The smallest absolute Gasteiger partial charge is 0.744 e. The van der Waals surface area contributed by atoms with Crippen LogP contribution >= 0.6 is 0 Å². The molecule has 0 fully saturated rings. The van der Waals surface area contributed by atoms with E-state index < -0.39 is 47.4 Å². The van der Waals surface area contributed by atoms with Crippen molar-refractivity contribution in [1.29, 1.82) is 0 Å². The summed E-state index contributed by atoms with van der Waals surface area (Å²) in [5.74, 6) is -1.79. The first-order chi connectivity index (χ1) is 20.2. The maximum atomic E-state index is 13.0. The monoisotopic (exact) mass is 706 g/mol. The Hall–Kier alpha value is -1.87. The normalized spacial score (nSPS) is 14.5. The van der Waals surface area contributed by atoms with Gasteiger partial charge in [-0.2, -0.15) is 10.1 Å². The quantitative estimate of drug-likeness (QED) is 0.0587. The molecule has 0 aliphatic carbocycles. The summed E-state index contributed by atoms with van der Waals surface area (Å²) in [5.41, 5.74) is 9.94. The Labute approximate surface area is 341 Å². The number of hydrogen-bond donors (Lipinski definition) is 3. The van der Waals surface area contributed by atoms with Gasteiger partial charge in [-0.05, 0) is 60.7 Å². The van der Waals surface area contributed by atoms with Crippen molar-refractivity contribution in [1.82, 2.24) is 9.78 Å². The van der Waals surface area contributed by atoms with E-state index >= 15 is 0 Å². The molecule has 4 rings (SSSR count). The molecule has 16 nitrogen and oxygen atoms in total. The van der Waals surface area contributed by atoms with Crippen LogP contribution in [0.15, 0.2) is 98.1 Å². The first kappa shape index (κ1) is 39.3. The number of hydrazone groups is 1. The van der Waals surface area contributed by atoms with Gasteiger partial charge in [0.05, 0.1) is 26.7 Å². The van der Waals surface area contributed by atoms with Crippen LogP contribution in [-0.4, -0.2) is 60.0 Å². The van der Waals surface area contributed by atoms with Crippen LogP contribution in [0.25, 0.3) is 11.8 Å². The van der Waals surface area contributed by atoms with Crippen molar-refractivity contribution >= 4 is 49.5 Å². The number of primary amides is 1. The fourth-order valence-electron chi connectivity index (χ4n) is 3.76.